The van der Waals surface area contributed by atoms with Crippen molar-refractivity contribution in [3.8, 4) is 0 Å². The highest BCUT2D eigenvalue weighted by Crippen LogP contribution is 2.46. The number of hydrogen-bond acceptors (Lipinski definition) is 3. The van der Waals surface area contributed by atoms with E-state index >= 15 is 0 Å². The van der Waals surface area contributed by atoms with Gasteiger partial charge in [-0.25, -0.2) is 0 Å². The van der Waals surface area contributed by atoms with E-state index in [4.69, 9.17) is 9.05 Å². The topological polar surface area (TPSA) is 35.5 Å². The number of rotatable bonds is 14. The van der Waals surface area contributed by atoms with E-state index in [1.165, 1.54) is 83.5 Å². The first kappa shape index (κ1) is 28.6. The largest absolute Gasteiger partial charge is 1.00 e. The summed E-state index contributed by atoms with van der Waals surface area (Å²) in [5.41, 5.74) is 0. The summed E-state index contributed by atoms with van der Waals surface area (Å²) in [4.78, 5) is 0. The molecule has 4 nitrogen and oxygen atoms in total. The van der Waals surface area contributed by atoms with E-state index < -0.39 is 7.60 Å². The average Bonchev–Trinajstić information content (AvgIpc) is 2.56. The summed E-state index contributed by atoms with van der Waals surface area (Å²) in [7, 11) is 1.54. The van der Waals surface area contributed by atoms with Gasteiger partial charge in [0.1, 0.15) is 25.8 Å². The van der Waals surface area contributed by atoms with Crippen molar-refractivity contribution in [1.29, 1.82) is 0 Å². The predicted octanol–water partition coefficient (Wildman–Crippen LogP) is 3.79. The summed E-state index contributed by atoms with van der Waals surface area (Å²) in [5.74, 6) is 0. The molecule has 0 aromatic rings. The number of halogens is 1. The van der Waals surface area contributed by atoms with Crippen LogP contribution < -0.4 is 17.0 Å². The molecule has 1 saturated heterocycles. The van der Waals surface area contributed by atoms with Crippen LogP contribution in [0.2, 0.25) is 0 Å². The fourth-order valence-corrected chi connectivity index (χ4v) is 5.15. The van der Waals surface area contributed by atoms with Crippen LogP contribution in [0.4, 0.5) is 0 Å². The summed E-state index contributed by atoms with van der Waals surface area (Å²) < 4.78 is 24.5. The Morgan fingerprint density at radius 2 is 1.32 bits per heavy atom. The first-order valence-electron chi connectivity index (χ1n) is 11.6. The van der Waals surface area contributed by atoms with Crippen LogP contribution in [-0.4, -0.2) is 51.0 Å². The molecule has 1 aliphatic heterocycles. The van der Waals surface area contributed by atoms with Crippen molar-refractivity contribution in [2.24, 2.45) is 0 Å². The van der Waals surface area contributed by atoms with Gasteiger partial charge in [0, 0.05) is 6.66 Å². The Hall–Kier alpha value is 0.590. The summed E-state index contributed by atoms with van der Waals surface area (Å²) in [6, 6.07) is 0. The van der Waals surface area contributed by atoms with E-state index in [-0.39, 0.29) is 23.1 Å². The van der Waals surface area contributed by atoms with Gasteiger partial charge in [0.05, 0.1) is 14.1 Å². The molecule has 28 heavy (non-hydrogen) atoms. The Morgan fingerprint density at radius 1 is 0.857 bits per heavy atom. The lowest BCUT2D eigenvalue weighted by Gasteiger charge is -2.36. The van der Waals surface area contributed by atoms with Gasteiger partial charge in [0.25, 0.3) is 0 Å². The molecule has 0 saturated carbocycles. The quantitative estimate of drug-likeness (QED) is 0.214. The number of nitrogens with zero attached hydrogens (tertiary/aromatic N) is 1. The lowest BCUT2D eigenvalue weighted by Crippen LogP contribution is -3.00. The second kappa shape index (κ2) is 16.3. The minimum atomic E-state index is -2.87. The van der Waals surface area contributed by atoms with Gasteiger partial charge in [0.15, 0.2) is 0 Å². The van der Waals surface area contributed by atoms with E-state index in [0.717, 1.165) is 24.0 Å². The smallest absolute Gasteiger partial charge is 0.328 e. The zero-order valence-corrected chi connectivity index (χ0v) is 21.6. The van der Waals surface area contributed by atoms with Gasteiger partial charge in [-0.15, -0.1) is 0 Å². The third kappa shape index (κ3) is 15.4. The Labute approximate surface area is 186 Å². The second-order valence-corrected chi connectivity index (χ2v) is 11.2. The second-order valence-electron chi connectivity index (χ2n) is 9.21. The zero-order valence-electron chi connectivity index (χ0n) is 19.1. The van der Waals surface area contributed by atoms with Gasteiger partial charge in [-0.3, -0.25) is 9.09 Å². The van der Waals surface area contributed by atoms with Gasteiger partial charge in [-0.05, 0) is 6.42 Å². The van der Waals surface area contributed by atoms with Crippen LogP contribution in [-0.2, 0) is 13.6 Å². The molecule has 0 aromatic carbocycles. The predicted molar refractivity (Wildman–Crippen MR) is 117 cm³/mol. The first-order chi connectivity index (χ1) is 12.8. The number of unbranched alkanes of at least 4 members (excludes halogenated alkanes) is 12. The maximum absolute atomic E-state index is 12.3. The molecule has 1 aliphatic rings. The van der Waals surface area contributed by atoms with Crippen LogP contribution in [0.15, 0.2) is 0 Å². The van der Waals surface area contributed by atoms with Crippen molar-refractivity contribution in [3.05, 3.63) is 0 Å². The van der Waals surface area contributed by atoms with Crippen LogP contribution in [0.25, 0.3) is 0 Å². The molecular formula is C22H47BrNO3P. The molecule has 0 aromatic heterocycles. The van der Waals surface area contributed by atoms with Crippen LogP contribution in [0.1, 0.15) is 96.8 Å². The minimum Gasteiger partial charge on any atom is -1.00 e. The monoisotopic (exact) mass is 483 g/mol. The standard InChI is InChI=1S/C22H47NO3P.BrH/c1-5-6-7-8-9-10-11-12-13-14-15-16-17-18-22-21-23(2,3)19-20-25-27(4,24)26-22;/h22H,5-21H2,1-4H3;1H/q+1;/p-1/t22-,27-;/m0./s1. The van der Waals surface area contributed by atoms with Gasteiger partial charge >= 0.3 is 7.60 Å². The van der Waals surface area contributed by atoms with E-state index in [1.807, 2.05) is 0 Å². The van der Waals surface area contributed by atoms with Crippen molar-refractivity contribution in [3.63, 3.8) is 0 Å². The lowest BCUT2D eigenvalue weighted by atomic mass is 10.0. The maximum Gasteiger partial charge on any atom is 0.328 e. The van der Waals surface area contributed by atoms with Gasteiger partial charge < -0.3 is 26.0 Å². The number of quaternary nitrogens is 1. The molecule has 2 atom stereocenters. The fourth-order valence-electron chi connectivity index (χ4n) is 3.96. The van der Waals surface area contributed by atoms with Crippen molar-refractivity contribution in [2.45, 2.75) is 103 Å². The van der Waals surface area contributed by atoms with E-state index in [0.29, 0.717) is 6.61 Å². The molecule has 0 amide bonds. The van der Waals surface area contributed by atoms with E-state index in [2.05, 4.69) is 21.0 Å². The highest BCUT2D eigenvalue weighted by atomic mass is 79.9. The molecule has 0 aliphatic carbocycles. The number of likely N-dealkylation sites (N-methyl/N-ethyl adjacent to an activating group) is 1. The van der Waals surface area contributed by atoms with Crippen molar-refractivity contribution < 1.29 is 35.1 Å². The SMILES string of the molecule is CCCCCCCCCCCCCCC[C@H]1C[N+](C)(C)CCO[P@](C)(=O)O1.[Br-]. The number of hydrogen-bond donors (Lipinski definition) is 0. The van der Waals surface area contributed by atoms with Gasteiger partial charge in [-0.2, -0.15) is 0 Å². The summed E-state index contributed by atoms with van der Waals surface area (Å²) in [6.07, 6.45) is 18.8. The van der Waals surface area contributed by atoms with Crippen LogP contribution >= 0.6 is 7.60 Å². The Bertz CT molecular complexity index is 421. The molecule has 1 fully saturated rings. The first-order valence-corrected chi connectivity index (χ1v) is 13.6. The van der Waals surface area contributed by atoms with Crippen molar-refractivity contribution in [1.82, 2.24) is 0 Å². The Balaban J connectivity index is 0.00000729. The molecule has 0 spiro atoms. The van der Waals surface area contributed by atoms with Gasteiger partial charge in [0.2, 0.25) is 0 Å². The average molecular weight is 485 g/mol. The third-order valence-electron chi connectivity index (χ3n) is 5.69. The van der Waals surface area contributed by atoms with Crippen LogP contribution in [0, 0.1) is 0 Å². The molecule has 1 rings (SSSR count). The third-order valence-corrected chi connectivity index (χ3v) is 7.02. The molecule has 1 heterocycles. The minimum absolute atomic E-state index is 0. The van der Waals surface area contributed by atoms with Crippen molar-refractivity contribution in [2.75, 3.05) is 40.5 Å². The lowest BCUT2D eigenvalue weighted by molar-refractivity contribution is -0.893. The molecular weight excluding hydrogens is 437 g/mol. The highest BCUT2D eigenvalue weighted by molar-refractivity contribution is 7.53. The Kier molecular flexibility index (Phi) is 16.6. The summed E-state index contributed by atoms with van der Waals surface area (Å²) in [6.45, 7) is 6.25. The molecule has 170 valence electrons. The molecule has 0 unspecified atom stereocenters. The molecule has 6 heteroatoms. The maximum atomic E-state index is 12.3. The molecule has 0 radical (unpaired) electrons. The molecule has 0 bridgehead atoms. The van der Waals surface area contributed by atoms with Crippen LogP contribution in [0.5, 0.6) is 0 Å². The fraction of sp³-hybridized carbons (Fsp3) is 1.00. The summed E-state index contributed by atoms with van der Waals surface area (Å²) in [5, 5.41) is 0. The highest BCUT2D eigenvalue weighted by Gasteiger charge is 2.32. The zero-order chi connectivity index (χ0) is 20.0. The van der Waals surface area contributed by atoms with Crippen molar-refractivity contribution >= 4 is 7.60 Å². The Morgan fingerprint density at radius 3 is 1.82 bits per heavy atom. The molecule has 0 N–H and O–H groups in total. The normalized spacial score (nSPS) is 24.9. The van der Waals surface area contributed by atoms with E-state index in [1.54, 1.807) is 6.66 Å². The van der Waals surface area contributed by atoms with Gasteiger partial charge in [-0.1, -0.05) is 90.4 Å². The summed E-state index contributed by atoms with van der Waals surface area (Å²) >= 11 is 0. The van der Waals surface area contributed by atoms with Crippen LogP contribution in [0.3, 0.4) is 0 Å². The van der Waals surface area contributed by atoms with E-state index in [9.17, 15) is 4.57 Å².